The summed E-state index contributed by atoms with van der Waals surface area (Å²) in [5, 5.41) is 0. The van der Waals surface area contributed by atoms with E-state index < -0.39 is 0 Å². The molecule has 0 atom stereocenters. The Labute approximate surface area is 84.6 Å². The number of nitrogens with zero attached hydrogens (tertiary/aromatic N) is 1. The fourth-order valence-corrected chi connectivity index (χ4v) is 1.63. The molecule has 1 heterocycles. The van der Waals surface area contributed by atoms with E-state index in [0.29, 0.717) is 0 Å². The third-order valence-corrected chi connectivity index (χ3v) is 2.29. The van der Waals surface area contributed by atoms with Crippen molar-refractivity contribution in [3.63, 3.8) is 0 Å². The molecular weight excluding hydrogens is 174 g/mol. The van der Waals surface area contributed by atoms with Gasteiger partial charge >= 0.3 is 0 Å². The molecule has 0 saturated heterocycles. The average Bonchev–Trinajstić information content (AvgIpc) is 2.51. The van der Waals surface area contributed by atoms with E-state index in [1.54, 1.807) is 0 Å². The van der Waals surface area contributed by atoms with Gasteiger partial charge in [-0.2, -0.15) is 0 Å². The quantitative estimate of drug-likeness (QED) is 0.701. The summed E-state index contributed by atoms with van der Waals surface area (Å²) in [7, 11) is 0. The van der Waals surface area contributed by atoms with Gasteiger partial charge < -0.3 is 4.74 Å². The molecule has 0 saturated carbocycles. The molecule has 0 radical (unpaired) electrons. The second kappa shape index (κ2) is 3.45. The minimum Gasteiger partial charge on any atom is -0.491 e. The number of rotatable bonds is 2. The molecule has 2 rings (SSSR count). The first kappa shape index (κ1) is 9.25. The van der Waals surface area contributed by atoms with Gasteiger partial charge in [0.1, 0.15) is 5.75 Å². The molecule has 0 aromatic heterocycles. The highest BCUT2D eigenvalue weighted by Crippen LogP contribution is 2.26. The summed E-state index contributed by atoms with van der Waals surface area (Å²) in [4.78, 5) is 4.23. The predicted molar refractivity (Wildman–Crippen MR) is 58.2 cm³/mol. The van der Waals surface area contributed by atoms with Crippen LogP contribution in [0.5, 0.6) is 5.75 Å². The lowest BCUT2D eigenvalue weighted by atomic mass is 10.1. The lowest BCUT2D eigenvalue weighted by molar-refractivity contribution is 0.240. The first-order valence-electron chi connectivity index (χ1n) is 4.97. The number of benzene rings is 1. The zero-order chi connectivity index (χ0) is 10.1. The SMILES string of the molecule is Cc1cc2c(cc1OC(C)C)CN=C2. The Kier molecular flexibility index (Phi) is 2.28. The number of fused-ring (bicyclic) bond motifs is 1. The Morgan fingerprint density at radius 1 is 1.36 bits per heavy atom. The van der Waals surface area contributed by atoms with Gasteiger partial charge in [-0.15, -0.1) is 0 Å². The summed E-state index contributed by atoms with van der Waals surface area (Å²) in [6.07, 6.45) is 2.16. The van der Waals surface area contributed by atoms with Crippen molar-refractivity contribution >= 4 is 6.21 Å². The predicted octanol–water partition coefficient (Wildman–Crippen LogP) is 2.71. The van der Waals surface area contributed by atoms with E-state index >= 15 is 0 Å². The highest BCUT2D eigenvalue weighted by atomic mass is 16.5. The Morgan fingerprint density at radius 2 is 2.14 bits per heavy atom. The van der Waals surface area contributed by atoms with Gasteiger partial charge in [0.2, 0.25) is 0 Å². The molecule has 0 spiro atoms. The third-order valence-electron chi connectivity index (χ3n) is 2.29. The van der Waals surface area contributed by atoms with E-state index in [1.807, 2.05) is 20.1 Å². The summed E-state index contributed by atoms with van der Waals surface area (Å²) >= 11 is 0. The van der Waals surface area contributed by atoms with Crippen LogP contribution in [0.15, 0.2) is 17.1 Å². The van der Waals surface area contributed by atoms with Gasteiger partial charge in [-0.25, -0.2) is 0 Å². The Balaban J connectivity index is 2.35. The molecule has 0 fully saturated rings. The van der Waals surface area contributed by atoms with Crippen molar-refractivity contribution in [2.75, 3.05) is 0 Å². The van der Waals surface area contributed by atoms with Crippen LogP contribution in [0.2, 0.25) is 0 Å². The van der Waals surface area contributed by atoms with Gasteiger partial charge in [-0.3, -0.25) is 4.99 Å². The second-order valence-corrected chi connectivity index (χ2v) is 3.95. The van der Waals surface area contributed by atoms with Crippen LogP contribution in [0.1, 0.15) is 30.5 Å². The first-order valence-corrected chi connectivity index (χ1v) is 4.97. The maximum Gasteiger partial charge on any atom is 0.122 e. The maximum atomic E-state index is 5.71. The molecule has 1 aromatic carbocycles. The molecule has 0 unspecified atom stereocenters. The van der Waals surface area contributed by atoms with E-state index in [1.165, 1.54) is 16.7 Å². The summed E-state index contributed by atoms with van der Waals surface area (Å²) in [6.45, 7) is 6.96. The summed E-state index contributed by atoms with van der Waals surface area (Å²) in [5.74, 6) is 0.990. The van der Waals surface area contributed by atoms with Gasteiger partial charge in [-0.1, -0.05) is 0 Å². The van der Waals surface area contributed by atoms with Gasteiger partial charge in [0.25, 0.3) is 0 Å². The van der Waals surface area contributed by atoms with E-state index in [0.717, 1.165) is 12.3 Å². The largest absolute Gasteiger partial charge is 0.491 e. The van der Waals surface area contributed by atoms with Crippen LogP contribution in [0.3, 0.4) is 0 Å². The zero-order valence-corrected chi connectivity index (χ0v) is 8.87. The van der Waals surface area contributed by atoms with E-state index in [9.17, 15) is 0 Å². The normalized spacial score (nSPS) is 13.4. The fraction of sp³-hybridized carbons (Fsp3) is 0.417. The molecule has 0 N–H and O–H groups in total. The number of hydrogen-bond acceptors (Lipinski definition) is 2. The molecule has 74 valence electrons. The Morgan fingerprint density at radius 3 is 2.86 bits per heavy atom. The van der Waals surface area contributed by atoms with Gasteiger partial charge in [0.05, 0.1) is 12.6 Å². The fourth-order valence-electron chi connectivity index (χ4n) is 1.63. The summed E-state index contributed by atoms with van der Waals surface area (Å²) < 4.78 is 5.71. The smallest absolute Gasteiger partial charge is 0.122 e. The van der Waals surface area contributed by atoms with E-state index in [2.05, 4.69) is 24.0 Å². The van der Waals surface area contributed by atoms with Gasteiger partial charge in [0.15, 0.2) is 0 Å². The van der Waals surface area contributed by atoms with Crippen LogP contribution in [0, 0.1) is 6.92 Å². The minimum atomic E-state index is 0.231. The number of hydrogen-bond donors (Lipinski definition) is 0. The summed E-state index contributed by atoms with van der Waals surface area (Å²) in [6, 6.07) is 4.25. The van der Waals surface area contributed by atoms with Gasteiger partial charge in [0, 0.05) is 6.21 Å². The number of aliphatic imine (C=N–C) groups is 1. The van der Waals surface area contributed by atoms with Crippen molar-refractivity contribution in [1.29, 1.82) is 0 Å². The van der Waals surface area contributed by atoms with E-state index in [4.69, 9.17) is 4.74 Å². The molecule has 14 heavy (non-hydrogen) atoms. The van der Waals surface area contributed by atoms with Crippen molar-refractivity contribution < 1.29 is 4.74 Å². The monoisotopic (exact) mass is 189 g/mol. The van der Waals surface area contributed by atoms with Crippen LogP contribution in [-0.2, 0) is 6.54 Å². The van der Waals surface area contributed by atoms with Crippen LogP contribution < -0.4 is 4.74 Å². The van der Waals surface area contributed by atoms with Crippen LogP contribution in [-0.4, -0.2) is 12.3 Å². The summed E-state index contributed by atoms with van der Waals surface area (Å²) in [5.41, 5.74) is 3.69. The Hall–Kier alpha value is -1.31. The first-order chi connectivity index (χ1) is 6.66. The molecule has 1 aromatic rings. The van der Waals surface area contributed by atoms with Crippen LogP contribution in [0.4, 0.5) is 0 Å². The lowest BCUT2D eigenvalue weighted by Gasteiger charge is -2.13. The second-order valence-electron chi connectivity index (χ2n) is 3.95. The molecule has 0 bridgehead atoms. The molecule has 2 heteroatoms. The van der Waals surface area contributed by atoms with Crippen molar-refractivity contribution in [1.82, 2.24) is 0 Å². The van der Waals surface area contributed by atoms with Crippen molar-refractivity contribution in [2.24, 2.45) is 4.99 Å². The minimum absolute atomic E-state index is 0.231. The highest BCUT2D eigenvalue weighted by Gasteiger charge is 2.10. The van der Waals surface area contributed by atoms with E-state index in [-0.39, 0.29) is 6.10 Å². The van der Waals surface area contributed by atoms with Crippen LogP contribution in [0.25, 0.3) is 0 Å². The lowest BCUT2D eigenvalue weighted by Crippen LogP contribution is -2.07. The van der Waals surface area contributed by atoms with Crippen molar-refractivity contribution in [3.8, 4) is 5.75 Å². The zero-order valence-electron chi connectivity index (χ0n) is 8.87. The molecule has 2 nitrogen and oxygen atoms in total. The highest BCUT2D eigenvalue weighted by molar-refractivity contribution is 5.85. The van der Waals surface area contributed by atoms with Gasteiger partial charge in [-0.05, 0) is 49.6 Å². The van der Waals surface area contributed by atoms with Crippen LogP contribution >= 0.6 is 0 Å². The molecular formula is C12H15NO. The number of ether oxygens (including phenoxy) is 1. The topological polar surface area (TPSA) is 21.6 Å². The standard InChI is InChI=1S/C12H15NO/c1-8(2)14-12-5-11-7-13-6-10(11)4-9(12)3/h4-6,8H,7H2,1-3H3. The number of aryl methyl sites for hydroxylation is 1. The molecule has 0 aliphatic carbocycles. The maximum absolute atomic E-state index is 5.71. The van der Waals surface area contributed by atoms with Crippen molar-refractivity contribution in [3.05, 3.63) is 28.8 Å². The van der Waals surface area contributed by atoms with Crippen molar-refractivity contribution in [2.45, 2.75) is 33.4 Å². The molecule has 0 amide bonds. The molecule has 1 aliphatic rings. The average molecular weight is 189 g/mol. The Bertz CT molecular complexity index is 380. The third kappa shape index (κ3) is 1.65. The molecule has 1 aliphatic heterocycles.